The lowest BCUT2D eigenvalue weighted by atomic mass is 10.3. The number of carboxylic acids is 1. The van der Waals surface area contributed by atoms with Crippen molar-refractivity contribution in [3.63, 3.8) is 0 Å². The first-order chi connectivity index (χ1) is 9.04. The molecular formula is C13H11ClN2O2S. The van der Waals surface area contributed by atoms with Crippen LogP contribution in [0.4, 0.5) is 0 Å². The van der Waals surface area contributed by atoms with Crippen LogP contribution in [0.15, 0.2) is 35.2 Å². The average Bonchev–Trinajstić information content (AvgIpc) is 2.37. The van der Waals surface area contributed by atoms with Gasteiger partial charge in [-0.15, -0.1) is 11.8 Å². The van der Waals surface area contributed by atoms with Gasteiger partial charge in [0.05, 0.1) is 5.75 Å². The second-order valence-corrected chi connectivity index (χ2v) is 5.34. The molecule has 19 heavy (non-hydrogen) atoms. The fourth-order valence-corrected chi connectivity index (χ4v) is 2.36. The Kier molecular flexibility index (Phi) is 4.39. The molecule has 6 heteroatoms. The lowest BCUT2D eigenvalue weighted by molar-refractivity contribution is 0.0689. The zero-order chi connectivity index (χ0) is 13.8. The number of carboxylic acid groups (broad SMARTS) is 1. The Morgan fingerprint density at radius 2 is 2.00 bits per heavy atom. The standard InChI is InChI=1S/C13H11ClN2O2S/c1-8-6-11(13(17)18)16-12(15-8)7-19-10-4-2-9(14)3-5-10/h2-6H,7H2,1H3,(H,17,18). The summed E-state index contributed by atoms with van der Waals surface area (Å²) in [4.78, 5) is 20.2. The highest BCUT2D eigenvalue weighted by molar-refractivity contribution is 7.98. The Balaban J connectivity index is 2.11. The minimum absolute atomic E-state index is 0.0270. The third-order valence-corrected chi connectivity index (χ3v) is 3.56. The molecule has 0 amide bonds. The Morgan fingerprint density at radius 1 is 1.32 bits per heavy atom. The molecule has 1 aromatic heterocycles. The molecule has 0 bridgehead atoms. The third-order valence-electron chi connectivity index (χ3n) is 2.30. The topological polar surface area (TPSA) is 63.1 Å². The molecule has 0 saturated carbocycles. The molecule has 0 unspecified atom stereocenters. The predicted octanol–water partition coefficient (Wildman–Crippen LogP) is 3.43. The van der Waals surface area contributed by atoms with Crippen LogP contribution in [0, 0.1) is 6.92 Å². The number of benzene rings is 1. The van der Waals surface area contributed by atoms with E-state index in [1.165, 1.54) is 17.8 Å². The Bertz CT molecular complexity index is 602. The first kappa shape index (κ1) is 13.8. The lowest BCUT2D eigenvalue weighted by Gasteiger charge is -2.03. The Hall–Kier alpha value is -1.59. The summed E-state index contributed by atoms with van der Waals surface area (Å²) in [7, 11) is 0. The second kappa shape index (κ2) is 6.04. The number of halogens is 1. The van der Waals surface area contributed by atoms with Gasteiger partial charge in [0.25, 0.3) is 0 Å². The minimum atomic E-state index is -1.04. The number of carbonyl (C=O) groups is 1. The average molecular weight is 295 g/mol. The predicted molar refractivity (Wildman–Crippen MR) is 74.7 cm³/mol. The van der Waals surface area contributed by atoms with Gasteiger partial charge < -0.3 is 5.11 Å². The van der Waals surface area contributed by atoms with Gasteiger partial charge in [-0.1, -0.05) is 11.6 Å². The first-order valence-corrected chi connectivity index (χ1v) is 6.87. The molecule has 1 aromatic carbocycles. The summed E-state index contributed by atoms with van der Waals surface area (Å²) in [5.41, 5.74) is 0.679. The van der Waals surface area contributed by atoms with E-state index in [2.05, 4.69) is 9.97 Å². The highest BCUT2D eigenvalue weighted by Crippen LogP contribution is 2.23. The van der Waals surface area contributed by atoms with E-state index < -0.39 is 5.97 Å². The molecule has 0 aliphatic rings. The largest absolute Gasteiger partial charge is 0.477 e. The van der Waals surface area contributed by atoms with Gasteiger partial charge in [-0.05, 0) is 37.3 Å². The van der Waals surface area contributed by atoms with Crippen LogP contribution in [0.5, 0.6) is 0 Å². The van der Waals surface area contributed by atoms with Crippen LogP contribution in [0.1, 0.15) is 22.0 Å². The van der Waals surface area contributed by atoms with E-state index in [4.69, 9.17) is 16.7 Å². The van der Waals surface area contributed by atoms with Crippen LogP contribution in [0.2, 0.25) is 5.02 Å². The van der Waals surface area contributed by atoms with Gasteiger partial charge in [0.1, 0.15) is 5.82 Å². The molecule has 0 aliphatic heterocycles. The van der Waals surface area contributed by atoms with E-state index in [1.54, 1.807) is 6.92 Å². The number of aromatic nitrogens is 2. The Labute approximate surface area is 119 Å². The number of hydrogen-bond acceptors (Lipinski definition) is 4. The zero-order valence-corrected chi connectivity index (χ0v) is 11.7. The number of hydrogen-bond donors (Lipinski definition) is 1. The van der Waals surface area contributed by atoms with E-state index in [-0.39, 0.29) is 5.69 Å². The van der Waals surface area contributed by atoms with E-state index in [0.29, 0.717) is 22.3 Å². The minimum Gasteiger partial charge on any atom is -0.477 e. The number of rotatable bonds is 4. The molecule has 0 radical (unpaired) electrons. The normalized spacial score (nSPS) is 10.4. The maximum Gasteiger partial charge on any atom is 0.354 e. The van der Waals surface area contributed by atoms with Crippen molar-refractivity contribution >= 4 is 29.3 Å². The number of thioether (sulfide) groups is 1. The molecule has 4 nitrogen and oxygen atoms in total. The van der Waals surface area contributed by atoms with E-state index >= 15 is 0 Å². The smallest absolute Gasteiger partial charge is 0.354 e. The van der Waals surface area contributed by atoms with Crippen molar-refractivity contribution in [1.29, 1.82) is 0 Å². The summed E-state index contributed by atoms with van der Waals surface area (Å²) in [5.74, 6) is -0.00978. The first-order valence-electron chi connectivity index (χ1n) is 5.51. The monoisotopic (exact) mass is 294 g/mol. The summed E-state index contributed by atoms with van der Waals surface area (Å²) in [5, 5.41) is 9.62. The molecule has 1 heterocycles. The lowest BCUT2D eigenvalue weighted by Crippen LogP contribution is -2.05. The SMILES string of the molecule is Cc1cc(C(=O)O)nc(CSc2ccc(Cl)cc2)n1. The molecular weight excluding hydrogens is 284 g/mol. The number of aryl methyl sites for hydroxylation is 1. The van der Waals surface area contributed by atoms with E-state index in [0.717, 1.165) is 4.90 Å². The van der Waals surface area contributed by atoms with Crippen molar-refractivity contribution in [3.8, 4) is 0 Å². The van der Waals surface area contributed by atoms with Gasteiger partial charge in [-0.2, -0.15) is 0 Å². The molecule has 0 aliphatic carbocycles. The van der Waals surface area contributed by atoms with Crippen molar-refractivity contribution < 1.29 is 9.90 Å². The van der Waals surface area contributed by atoms with Crippen LogP contribution in [-0.4, -0.2) is 21.0 Å². The van der Waals surface area contributed by atoms with Crippen LogP contribution in [0.25, 0.3) is 0 Å². The summed E-state index contributed by atoms with van der Waals surface area (Å²) in [6.45, 7) is 1.75. The van der Waals surface area contributed by atoms with Crippen molar-refractivity contribution in [2.75, 3.05) is 0 Å². The fourth-order valence-electron chi connectivity index (χ4n) is 1.48. The molecule has 98 valence electrons. The van der Waals surface area contributed by atoms with Gasteiger partial charge in [-0.25, -0.2) is 14.8 Å². The maximum absolute atomic E-state index is 10.9. The van der Waals surface area contributed by atoms with Crippen molar-refractivity contribution in [3.05, 3.63) is 52.6 Å². The van der Waals surface area contributed by atoms with Crippen LogP contribution in [0.3, 0.4) is 0 Å². The van der Waals surface area contributed by atoms with Crippen LogP contribution in [-0.2, 0) is 5.75 Å². The quantitative estimate of drug-likeness (QED) is 0.875. The zero-order valence-electron chi connectivity index (χ0n) is 10.1. The van der Waals surface area contributed by atoms with Crippen LogP contribution >= 0.6 is 23.4 Å². The van der Waals surface area contributed by atoms with Gasteiger partial charge >= 0.3 is 5.97 Å². The highest BCUT2D eigenvalue weighted by Gasteiger charge is 2.08. The van der Waals surface area contributed by atoms with Gasteiger partial charge in [0.15, 0.2) is 5.69 Å². The molecule has 1 N–H and O–H groups in total. The number of aromatic carboxylic acids is 1. The van der Waals surface area contributed by atoms with Gasteiger partial charge in [-0.3, -0.25) is 0 Å². The Morgan fingerprint density at radius 3 is 2.63 bits per heavy atom. The summed E-state index contributed by atoms with van der Waals surface area (Å²) < 4.78 is 0. The molecule has 2 rings (SSSR count). The molecule has 0 fully saturated rings. The molecule has 0 saturated heterocycles. The van der Waals surface area contributed by atoms with E-state index in [9.17, 15) is 4.79 Å². The maximum atomic E-state index is 10.9. The van der Waals surface area contributed by atoms with E-state index in [1.807, 2.05) is 24.3 Å². The molecule has 0 atom stereocenters. The fraction of sp³-hybridized carbons (Fsp3) is 0.154. The molecule has 2 aromatic rings. The number of nitrogens with zero attached hydrogens (tertiary/aromatic N) is 2. The molecule has 0 spiro atoms. The van der Waals surface area contributed by atoms with Crippen LogP contribution < -0.4 is 0 Å². The third kappa shape index (κ3) is 3.94. The second-order valence-electron chi connectivity index (χ2n) is 3.86. The van der Waals surface area contributed by atoms with Crippen molar-refractivity contribution in [2.24, 2.45) is 0 Å². The van der Waals surface area contributed by atoms with Gasteiger partial charge in [0.2, 0.25) is 0 Å². The highest BCUT2D eigenvalue weighted by atomic mass is 35.5. The summed E-state index contributed by atoms with van der Waals surface area (Å²) >= 11 is 7.34. The van der Waals surface area contributed by atoms with Gasteiger partial charge in [0, 0.05) is 15.6 Å². The van der Waals surface area contributed by atoms with Crippen molar-refractivity contribution in [1.82, 2.24) is 9.97 Å². The summed E-state index contributed by atoms with van der Waals surface area (Å²) in [6.07, 6.45) is 0. The van der Waals surface area contributed by atoms with Crippen molar-refractivity contribution in [2.45, 2.75) is 17.6 Å². The summed E-state index contributed by atoms with van der Waals surface area (Å²) in [6, 6.07) is 8.88.